The van der Waals surface area contributed by atoms with E-state index >= 15 is 0 Å². The third-order valence-corrected chi connectivity index (χ3v) is 3.92. The minimum absolute atomic E-state index is 0. The molecule has 8 nitrogen and oxygen atoms in total. The molecule has 3 aromatic rings. The summed E-state index contributed by atoms with van der Waals surface area (Å²) >= 11 is 0. The molecule has 0 bridgehead atoms. The Morgan fingerprint density at radius 1 is 0.966 bits per heavy atom. The number of hydrogen-bond acceptors (Lipinski definition) is 5. The van der Waals surface area contributed by atoms with Crippen molar-refractivity contribution in [2.45, 2.75) is 6.92 Å². The lowest BCUT2D eigenvalue weighted by molar-refractivity contribution is -0.114. The number of imidazole rings is 1. The fourth-order valence-corrected chi connectivity index (χ4v) is 2.58. The van der Waals surface area contributed by atoms with Crippen LogP contribution in [0.5, 0.6) is 11.5 Å². The van der Waals surface area contributed by atoms with Gasteiger partial charge in [-0.2, -0.15) is 0 Å². The van der Waals surface area contributed by atoms with Crippen LogP contribution < -0.4 is 20.1 Å². The van der Waals surface area contributed by atoms with Gasteiger partial charge < -0.3 is 24.7 Å². The zero-order valence-electron chi connectivity index (χ0n) is 16.1. The van der Waals surface area contributed by atoms with Crippen molar-refractivity contribution in [3.63, 3.8) is 0 Å². The van der Waals surface area contributed by atoms with Crippen molar-refractivity contribution in [2.24, 2.45) is 0 Å². The second-order valence-corrected chi connectivity index (χ2v) is 5.95. The molecule has 2 aromatic carbocycles. The Labute approximate surface area is 174 Å². The molecule has 0 aliphatic carbocycles. The molecule has 3 rings (SSSR count). The highest BCUT2D eigenvalue weighted by atomic mass is 35.5. The number of aromatic nitrogens is 2. The Balaban J connectivity index is 0.00000300. The summed E-state index contributed by atoms with van der Waals surface area (Å²) in [5, 5.41) is 5.44. The molecular formula is C20H21ClN4O4. The van der Waals surface area contributed by atoms with Gasteiger partial charge in [0.1, 0.15) is 17.8 Å². The van der Waals surface area contributed by atoms with Gasteiger partial charge in [-0.1, -0.05) is 0 Å². The maximum absolute atomic E-state index is 12.5. The number of anilines is 2. The highest BCUT2D eigenvalue weighted by Crippen LogP contribution is 2.26. The van der Waals surface area contributed by atoms with E-state index in [2.05, 4.69) is 15.6 Å². The zero-order valence-corrected chi connectivity index (χ0v) is 16.9. The minimum Gasteiger partial charge on any atom is -0.497 e. The normalized spacial score (nSPS) is 9.90. The van der Waals surface area contributed by atoms with E-state index in [4.69, 9.17) is 9.47 Å². The molecule has 0 radical (unpaired) electrons. The average Bonchev–Trinajstić information content (AvgIpc) is 3.15. The summed E-state index contributed by atoms with van der Waals surface area (Å²) < 4.78 is 12.2. The van der Waals surface area contributed by atoms with Gasteiger partial charge in [0, 0.05) is 42.1 Å². The minimum atomic E-state index is -0.258. The molecule has 0 aliphatic heterocycles. The Morgan fingerprint density at radius 2 is 1.59 bits per heavy atom. The number of nitrogens with zero attached hydrogens (tertiary/aromatic N) is 2. The Kier molecular flexibility index (Phi) is 7.21. The summed E-state index contributed by atoms with van der Waals surface area (Å²) in [5.41, 5.74) is 1.87. The predicted octanol–water partition coefficient (Wildman–Crippen LogP) is 3.52. The molecule has 0 unspecified atom stereocenters. The Morgan fingerprint density at radius 3 is 2.14 bits per heavy atom. The van der Waals surface area contributed by atoms with Gasteiger partial charge in [0.25, 0.3) is 5.91 Å². The number of benzene rings is 2. The fourth-order valence-electron chi connectivity index (χ4n) is 2.58. The Bertz CT molecular complexity index is 980. The van der Waals surface area contributed by atoms with Crippen LogP contribution in [0.2, 0.25) is 0 Å². The van der Waals surface area contributed by atoms with Crippen LogP contribution in [0.4, 0.5) is 11.5 Å². The van der Waals surface area contributed by atoms with Crippen LogP contribution in [0.1, 0.15) is 17.3 Å². The van der Waals surface area contributed by atoms with Crippen LogP contribution in [0.25, 0.3) is 5.69 Å². The Hall–Kier alpha value is -3.52. The molecular weight excluding hydrogens is 396 g/mol. The molecule has 0 atom stereocenters. The van der Waals surface area contributed by atoms with Crippen molar-refractivity contribution >= 4 is 35.7 Å². The lowest BCUT2D eigenvalue weighted by atomic mass is 10.2. The first-order valence-corrected chi connectivity index (χ1v) is 8.45. The largest absolute Gasteiger partial charge is 0.497 e. The third-order valence-electron chi connectivity index (χ3n) is 3.92. The molecule has 9 heteroatoms. The summed E-state index contributed by atoms with van der Waals surface area (Å²) in [4.78, 5) is 27.7. The second kappa shape index (κ2) is 9.61. The quantitative estimate of drug-likeness (QED) is 0.641. The summed E-state index contributed by atoms with van der Waals surface area (Å²) in [7, 11) is 3.10. The molecule has 29 heavy (non-hydrogen) atoms. The van der Waals surface area contributed by atoms with Gasteiger partial charge in [0.05, 0.1) is 20.4 Å². The van der Waals surface area contributed by atoms with E-state index in [-0.39, 0.29) is 24.2 Å². The smallest absolute Gasteiger partial charge is 0.255 e. The predicted molar refractivity (Wildman–Crippen MR) is 113 cm³/mol. The first-order chi connectivity index (χ1) is 13.5. The van der Waals surface area contributed by atoms with Crippen molar-refractivity contribution in [1.29, 1.82) is 0 Å². The van der Waals surface area contributed by atoms with Gasteiger partial charge in [-0.05, 0) is 24.3 Å². The van der Waals surface area contributed by atoms with Gasteiger partial charge in [-0.15, -0.1) is 12.4 Å². The number of hydrogen-bond donors (Lipinski definition) is 2. The van der Waals surface area contributed by atoms with Crippen LogP contribution in [0.3, 0.4) is 0 Å². The van der Waals surface area contributed by atoms with Crippen molar-refractivity contribution in [3.8, 4) is 17.2 Å². The monoisotopic (exact) mass is 416 g/mol. The van der Waals surface area contributed by atoms with Crippen LogP contribution in [0, 0.1) is 0 Å². The molecule has 0 fully saturated rings. The van der Waals surface area contributed by atoms with E-state index in [9.17, 15) is 9.59 Å². The highest BCUT2D eigenvalue weighted by molar-refractivity contribution is 6.04. The number of ether oxygens (including phenoxy) is 2. The van der Waals surface area contributed by atoms with Crippen molar-refractivity contribution in [2.75, 3.05) is 24.9 Å². The van der Waals surface area contributed by atoms with Gasteiger partial charge >= 0.3 is 0 Å². The van der Waals surface area contributed by atoms with E-state index in [0.29, 0.717) is 28.6 Å². The molecule has 2 amide bonds. The van der Waals surface area contributed by atoms with Gasteiger partial charge in [-0.25, -0.2) is 4.98 Å². The summed E-state index contributed by atoms with van der Waals surface area (Å²) in [6.45, 7) is 1.42. The van der Waals surface area contributed by atoms with E-state index < -0.39 is 0 Å². The number of nitrogens with one attached hydrogen (secondary N) is 2. The molecule has 0 saturated heterocycles. The molecule has 0 saturated carbocycles. The molecule has 1 aromatic heterocycles. The van der Waals surface area contributed by atoms with Crippen LogP contribution >= 0.6 is 12.4 Å². The number of halogens is 1. The zero-order chi connectivity index (χ0) is 20.1. The highest BCUT2D eigenvalue weighted by Gasteiger charge is 2.09. The van der Waals surface area contributed by atoms with Gasteiger partial charge in [-0.3, -0.25) is 9.59 Å². The van der Waals surface area contributed by atoms with E-state index in [0.717, 1.165) is 5.69 Å². The summed E-state index contributed by atoms with van der Waals surface area (Å²) in [6, 6.07) is 12.2. The van der Waals surface area contributed by atoms with Crippen molar-refractivity contribution in [1.82, 2.24) is 9.55 Å². The average molecular weight is 417 g/mol. The molecule has 0 aliphatic rings. The second-order valence-electron chi connectivity index (χ2n) is 5.95. The van der Waals surface area contributed by atoms with Crippen molar-refractivity contribution < 1.29 is 19.1 Å². The lowest BCUT2D eigenvalue weighted by Crippen LogP contribution is -2.12. The van der Waals surface area contributed by atoms with Crippen LogP contribution in [-0.4, -0.2) is 35.6 Å². The van der Waals surface area contributed by atoms with Crippen molar-refractivity contribution in [3.05, 3.63) is 60.6 Å². The lowest BCUT2D eigenvalue weighted by Gasteiger charge is -2.10. The number of rotatable bonds is 6. The first-order valence-electron chi connectivity index (χ1n) is 8.45. The van der Waals surface area contributed by atoms with Crippen LogP contribution in [0.15, 0.2) is 55.0 Å². The van der Waals surface area contributed by atoms with E-state index in [1.54, 1.807) is 73.8 Å². The number of carbonyl (C=O) groups is 2. The molecule has 152 valence electrons. The van der Waals surface area contributed by atoms with Gasteiger partial charge in [0.15, 0.2) is 5.82 Å². The number of amides is 2. The number of methoxy groups -OCH3 is 2. The maximum Gasteiger partial charge on any atom is 0.255 e. The molecule has 0 spiro atoms. The maximum atomic E-state index is 12.5. The molecule has 1 heterocycles. The SMILES string of the molecule is COc1cc(NC(=O)c2ccc(-n3cnc(NC(C)=O)c3)cc2)cc(OC)c1.Cl. The summed E-state index contributed by atoms with van der Waals surface area (Å²) in [5.74, 6) is 1.18. The summed E-state index contributed by atoms with van der Waals surface area (Å²) in [6.07, 6.45) is 3.28. The molecule has 2 N–H and O–H groups in total. The fraction of sp³-hybridized carbons (Fsp3) is 0.150. The van der Waals surface area contributed by atoms with Crippen LogP contribution in [-0.2, 0) is 4.79 Å². The third kappa shape index (κ3) is 5.49. The number of carbonyl (C=O) groups excluding carboxylic acids is 2. The van der Waals surface area contributed by atoms with Gasteiger partial charge in [0.2, 0.25) is 5.91 Å². The van der Waals surface area contributed by atoms with E-state index in [1.807, 2.05) is 0 Å². The topological polar surface area (TPSA) is 94.5 Å². The standard InChI is InChI=1S/C20H20N4O4.ClH/c1-13(25)22-19-11-24(12-21-19)16-6-4-14(5-7-16)20(26)23-15-8-17(27-2)10-18(9-15)28-3;/h4-12H,1-3H3,(H,22,25)(H,23,26);1H. The first kappa shape index (κ1) is 21.8. The van der Waals surface area contributed by atoms with E-state index in [1.165, 1.54) is 6.92 Å².